The molecule has 0 radical (unpaired) electrons. The highest BCUT2D eigenvalue weighted by Gasteiger charge is 2.35. The van der Waals surface area contributed by atoms with Crippen LogP contribution in [0.4, 0.5) is 0 Å². The van der Waals surface area contributed by atoms with E-state index < -0.39 is 0 Å². The van der Waals surface area contributed by atoms with E-state index in [0.717, 1.165) is 19.4 Å². The summed E-state index contributed by atoms with van der Waals surface area (Å²) < 4.78 is 0. The van der Waals surface area contributed by atoms with Gasteiger partial charge in [0.1, 0.15) is 0 Å². The molecule has 19 heavy (non-hydrogen) atoms. The number of hydrogen-bond acceptors (Lipinski definition) is 2. The number of carbonyl (C=O) groups excluding carboxylic acids is 2. The molecule has 4 nitrogen and oxygen atoms in total. The van der Waals surface area contributed by atoms with Crippen molar-refractivity contribution < 1.29 is 9.59 Å². The average Bonchev–Trinajstić information content (AvgIpc) is 2.86. The van der Waals surface area contributed by atoms with Crippen LogP contribution in [-0.4, -0.2) is 35.8 Å². The summed E-state index contributed by atoms with van der Waals surface area (Å²) in [7, 11) is 0. The second-order valence-corrected chi connectivity index (χ2v) is 6.72. The van der Waals surface area contributed by atoms with Crippen molar-refractivity contribution in [1.82, 2.24) is 10.2 Å². The maximum Gasteiger partial charge on any atom is 0.225 e. The summed E-state index contributed by atoms with van der Waals surface area (Å²) in [6.45, 7) is 7.80. The van der Waals surface area contributed by atoms with E-state index in [9.17, 15) is 9.59 Å². The molecule has 1 aliphatic carbocycles. The van der Waals surface area contributed by atoms with Gasteiger partial charge in [-0.15, -0.1) is 0 Å². The molecule has 4 heteroatoms. The number of rotatable bonds is 4. The van der Waals surface area contributed by atoms with Gasteiger partial charge in [-0.2, -0.15) is 0 Å². The molecule has 2 aliphatic rings. The van der Waals surface area contributed by atoms with E-state index in [1.54, 1.807) is 0 Å². The molecule has 0 bridgehead atoms. The fourth-order valence-electron chi connectivity index (χ4n) is 3.22. The van der Waals surface area contributed by atoms with Gasteiger partial charge in [0.05, 0.1) is 5.92 Å². The number of carbonyl (C=O) groups is 2. The summed E-state index contributed by atoms with van der Waals surface area (Å²) in [5.74, 6) is 1.25. The lowest BCUT2D eigenvalue weighted by Crippen LogP contribution is -2.39. The van der Waals surface area contributed by atoms with Crippen molar-refractivity contribution in [1.29, 1.82) is 0 Å². The van der Waals surface area contributed by atoms with Gasteiger partial charge in [0.2, 0.25) is 11.8 Å². The Bertz CT molecular complexity index is 354. The second-order valence-electron chi connectivity index (χ2n) is 6.72. The monoisotopic (exact) mass is 266 g/mol. The fourth-order valence-corrected chi connectivity index (χ4v) is 3.22. The number of amides is 2. The Hall–Kier alpha value is -1.06. The lowest BCUT2D eigenvalue weighted by Gasteiger charge is -2.19. The molecule has 3 unspecified atom stereocenters. The smallest absolute Gasteiger partial charge is 0.225 e. The molecule has 3 atom stereocenters. The molecular weight excluding hydrogens is 240 g/mol. The first-order chi connectivity index (χ1) is 8.95. The van der Waals surface area contributed by atoms with Crippen LogP contribution in [0.25, 0.3) is 0 Å². The fraction of sp³-hybridized carbons (Fsp3) is 0.867. The highest BCUT2D eigenvalue weighted by Crippen LogP contribution is 2.26. The molecule has 2 amide bonds. The molecule has 1 heterocycles. The zero-order valence-electron chi connectivity index (χ0n) is 12.3. The Balaban J connectivity index is 1.82. The van der Waals surface area contributed by atoms with E-state index in [-0.39, 0.29) is 17.7 Å². The SMILES string of the molecule is CC(C)CN1CC(C(=O)NC2CCC(C)C2)CC1=O. The van der Waals surface area contributed by atoms with E-state index in [1.165, 1.54) is 6.42 Å². The van der Waals surface area contributed by atoms with E-state index in [4.69, 9.17) is 0 Å². The van der Waals surface area contributed by atoms with Crippen LogP contribution in [0.5, 0.6) is 0 Å². The predicted molar refractivity (Wildman–Crippen MR) is 74.5 cm³/mol. The molecule has 0 aromatic heterocycles. The van der Waals surface area contributed by atoms with Crippen molar-refractivity contribution >= 4 is 11.8 Å². The van der Waals surface area contributed by atoms with E-state index >= 15 is 0 Å². The van der Waals surface area contributed by atoms with E-state index in [0.29, 0.717) is 30.8 Å². The number of hydrogen-bond donors (Lipinski definition) is 1. The Kier molecular flexibility index (Phi) is 4.48. The third-order valence-electron chi connectivity index (χ3n) is 4.21. The number of nitrogens with one attached hydrogen (secondary N) is 1. The molecule has 108 valence electrons. The van der Waals surface area contributed by atoms with E-state index in [1.807, 2.05) is 4.90 Å². The predicted octanol–water partition coefficient (Wildman–Crippen LogP) is 1.80. The maximum absolute atomic E-state index is 12.2. The number of likely N-dealkylation sites (tertiary alicyclic amines) is 1. The standard InChI is InChI=1S/C15H26N2O2/c1-10(2)8-17-9-12(7-14(17)18)15(19)16-13-5-4-11(3)6-13/h10-13H,4-9H2,1-3H3,(H,16,19). The average molecular weight is 266 g/mol. The van der Waals surface area contributed by atoms with Gasteiger partial charge in [-0.05, 0) is 31.1 Å². The highest BCUT2D eigenvalue weighted by molar-refractivity contribution is 5.89. The lowest BCUT2D eigenvalue weighted by molar-refractivity contribution is -0.129. The minimum atomic E-state index is -0.137. The Morgan fingerprint density at radius 3 is 2.74 bits per heavy atom. The van der Waals surface area contributed by atoms with Gasteiger partial charge in [-0.3, -0.25) is 9.59 Å². The summed E-state index contributed by atoms with van der Waals surface area (Å²) >= 11 is 0. The number of nitrogens with zero attached hydrogens (tertiary/aromatic N) is 1. The van der Waals surface area contributed by atoms with Crippen molar-refractivity contribution in [3.05, 3.63) is 0 Å². The van der Waals surface area contributed by atoms with Crippen molar-refractivity contribution in [2.75, 3.05) is 13.1 Å². The third-order valence-corrected chi connectivity index (χ3v) is 4.21. The maximum atomic E-state index is 12.2. The van der Waals surface area contributed by atoms with Gasteiger partial charge in [-0.1, -0.05) is 20.8 Å². The molecule has 2 rings (SSSR count). The normalized spacial score (nSPS) is 31.3. The third kappa shape index (κ3) is 3.71. The minimum Gasteiger partial charge on any atom is -0.353 e. The molecule has 2 fully saturated rings. The summed E-state index contributed by atoms with van der Waals surface area (Å²) in [6.07, 6.45) is 3.76. The molecule has 1 aliphatic heterocycles. The first-order valence-electron chi connectivity index (χ1n) is 7.54. The lowest BCUT2D eigenvalue weighted by atomic mass is 10.1. The van der Waals surface area contributed by atoms with E-state index in [2.05, 4.69) is 26.1 Å². The highest BCUT2D eigenvalue weighted by atomic mass is 16.2. The summed E-state index contributed by atoms with van der Waals surface area (Å²) in [5, 5.41) is 3.13. The quantitative estimate of drug-likeness (QED) is 0.843. The topological polar surface area (TPSA) is 49.4 Å². The summed E-state index contributed by atoms with van der Waals surface area (Å²) in [5.41, 5.74) is 0. The van der Waals surface area contributed by atoms with Crippen LogP contribution >= 0.6 is 0 Å². The first-order valence-corrected chi connectivity index (χ1v) is 7.54. The van der Waals surface area contributed by atoms with Gasteiger partial charge in [0.15, 0.2) is 0 Å². The van der Waals surface area contributed by atoms with Gasteiger partial charge in [0.25, 0.3) is 0 Å². The van der Waals surface area contributed by atoms with Crippen molar-refractivity contribution in [2.24, 2.45) is 17.8 Å². The molecule has 1 N–H and O–H groups in total. The molecule has 1 saturated carbocycles. The van der Waals surface area contributed by atoms with Crippen molar-refractivity contribution in [3.8, 4) is 0 Å². The van der Waals surface area contributed by atoms with Crippen LogP contribution in [0.2, 0.25) is 0 Å². The van der Waals surface area contributed by atoms with Crippen molar-refractivity contribution in [2.45, 2.75) is 52.5 Å². The summed E-state index contributed by atoms with van der Waals surface area (Å²) in [4.78, 5) is 25.9. The van der Waals surface area contributed by atoms with Gasteiger partial charge in [-0.25, -0.2) is 0 Å². The summed E-state index contributed by atoms with van der Waals surface area (Å²) in [6, 6.07) is 0.330. The van der Waals surface area contributed by atoms with Crippen molar-refractivity contribution in [3.63, 3.8) is 0 Å². The zero-order chi connectivity index (χ0) is 14.0. The van der Waals surface area contributed by atoms with Crippen LogP contribution in [-0.2, 0) is 9.59 Å². The van der Waals surface area contributed by atoms with Crippen LogP contribution in [0, 0.1) is 17.8 Å². The van der Waals surface area contributed by atoms with Crippen LogP contribution in [0.1, 0.15) is 46.5 Å². The minimum absolute atomic E-state index is 0.0821. The van der Waals surface area contributed by atoms with Gasteiger partial charge < -0.3 is 10.2 Å². The van der Waals surface area contributed by atoms with Crippen LogP contribution in [0.15, 0.2) is 0 Å². The van der Waals surface area contributed by atoms with Crippen LogP contribution < -0.4 is 5.32 Å². The molecule has 1 saturated heterocycles. The zero-order valence-corrected chi connectivity index (χ0v) is 12.3. The molecular formula is C15H26N2O2. The van der Waals surface area contributed by atoms with Crippen LogP contribution in [0.3, 0.4) is 0 Å². The Morgan fingerprint density at radius 2 is 2.16 bits per heavy atom. The second kappa shape index (κ2) is 5.93. The molecule has 0 aromatic rings. The first kappa shape index (κ1) is 14.4. The Morgan fingerprint density at radius 1 is 1.42 bits per heavy atom. The van der Waals surface area contributed by atoms with Gasteiger partial charge in [0, 0.05) is 25.6 Å². The van der Waals surface area contributed by atoms with Gasteiger partial charge >= 0.3 is 0 Å². The molecule has 0 spiro atoms. The Labute approximate surface area is 115 Å². The molecule has 0 aromatic carbocycles. The largest absolute Gasteiger partial charge is 0.353 e.